The largest absolute Gasteiger partial charge is 0.378 e. The lowest BCUT2D eigenvalue weighted by Crippen LogP contribution is -2.49. The summed E-state index contributed by atoms with van der Waals surface area (Å²) >= 11 is 0. The van der Waals surface area contributed by atoms with Gasteiger partial charge in [-0.15, -0.1) is 0 Å². The number of alkyl halides is 2. The van der Waals surface area contributed by atoms with Gasteiger partial charge in [-0.3, -0.25) is 9.59 Å². The minimum atomic E-state index is -2.13. The van der Waals surface area contributed by atoms with E-state index in [1.165, 1.54) is 0 Å². The van der Waals surface area contributed by atoms with Crippen molar-refractivity contribution in [3.05, 3.63) is 72.6 Å². The molecule has 3 atom stereocenters. The Kier molecular flexibility index (Phi) is 12.4. The number of hydrogen-bond donors (Lipinski definition) is 6. The van der Waals surface area contributed by atoms with E-state index < -0.39 is 47.8 Å². The number of H-pyrrole nitrogens is 2. The third-order valence-electron chi connectivity index (χ3n) is 7.28. The number of hydrogen-bond acceptors (Lipinski definition) is 6. The van der Waals surface area contributed by atoms with E-state index >= 15 is 0 Å². The van der Waals surface area contributed by atoms with Crippen LogP contribution in [0.4, 0.5) is 8.78 Å². The SMILES string of the molecule is CC(C)C.CC(O)(CF)C(=O)NCc1ncc(-c2ccc(-c3ccc(-c4cnc(C(NC(=O)C(C)(O)CF)C(C)(C)C)[nH]4)cc3)cc2)[nH]1. The number of imidazole rings is 2. The van der Waals surface area contributed by atoms with E-state index in [-0.39, 0.29) is 6.54 Å². The smallest absolute Gasteiger partial charge is 0.255 e. The van der Waals surface area contributed by atoms with Crippen LogP contribution >= 0.6 is 0 Å². The minimum absolute atomic E-state index is 0.0178. The molecule has 2 aromatic carbocycles. The lowest BCUT2D eigenvalue weighted by atomic mass is 9.85. The van der Waals surface area contributed by atoms with Gasteiger partial charge in [-0.1, -0.05) is 90.1 Å². The number of amides is 2. The molecule has 0 saturated heterocycles. The molecule has 4 aromatic rings. The molecule has 2 heterocycles. The zero-order valence-electron chi connectivity index (χ0n) is 28.9. The molecule has 0 bridgehead atoms. The highest BCUT2D eigenvalue weighted by molar-refractivity contribution is 5.85. The minimum Gasteiger partial charge on any atom is -0.378 e. The van der Waals surface area contributed by atoms with Gasteiger partial charge in [0.25, 0.3) is 11.8 Å². The maximum Gasteiger partial charge on any atom is 0.255 e. The normalized spacial score (nSPS) is 14.7. The van der Waals surface area contributed by atoms with E-state index in [1.54, 1.807) is 12.4 Å². The Morgan fingerprint density at radius 3 is 1.60 bits per heavy atom. The Morgan fingerprint density at radius 1 is 0.729 bits per heavy atom. The van der Waals surface area contributed by atoms with Gasteiger partial charge in [0.05, 0.1) is 36.4 Å². The molecule has 0 aliphatic carbocycles. The van der Waals surface area contributed by atoms with Gasteiger partial charge in [-0.2, -0.15) is 0 Å². The van der Waals surface area contributed by atoms with Crippen LogP contribution in [0.5, 0.6) is 0 Å². The van der Waals surface area contributed by atoms with Gasteiger partial charge in [0.15, 0.2) is 11.2 Å². The molecule has 2 amide bonds. The Bertz CT molecular complexity index is 1640. The zero-order valence-corrected chi connectivity index (χ0v) is 28.9. The predicted molar refractivity (Wildman–Crippen MR) is 183 cm³/mol. The Hall–Kier alpha value is -4.42. The summed E-state index contributed by atoms with van der Waals surface area (Å²) in [6, 6.07) is 15.1. The van der Waals surface area contributed by atoms with Crippen molar-refractivity contribution in [3.63, 3.8) is 0 Å². The first-order chi connectivity index (χ1) is 22.4. The van der Waals surface area contributed by atoms with Crippen LogP contribution < -0.4 is 10.6 Å². The van der Waals surface area contributed by atoms with Crippen LogP contribution in [0, 0.1) is 11.3 Å². The van der Waals surface area contributed by atoms with Crippen molar-refractivity contribution < 1.29 is 28.6 Å². The zero-order chi connectivity index (χ0) is 35.9. The molecular formula is C36H48F2N6O4. The third kappa shape index (κ3) is 10.0. The number of nitrogens with one attached hydrogen (secondary N) is 4. The van der Waals surface area contributed by atoms with Crippen LogP contribution in [0.1, 0.15) is 73.1 Å². The summed E-state index contributed by atoms with van der Waals surface area (Å²) in [6.45, 7) is 12.1. The lowest BCUT2D eigenvalue weighted by molar-refractivity contribution is -0.141. The third-order valence-corrected chi connectivity index (χ3v) is 7.28. The molecule has 12 heteroatoms. The number of aliphatic hydroxyl groups is 2. The van der Waals surface area contributed by atoms with Crippen molar-refractivity contribution >= 4 is 11.8 Å². The first-order valence-corrected chi connectivity index (χ1v) is 15.8. The van der Waals surface area contributed by atoms with Crippen molar-refractivity contribution in [1.82, 2.24) is 30.6 Å². The summed E-state index contributed by atoms with van der Waals surface area (Å²) in [4.78, 5) is 39.5. The number of aromatic amines is 2. The molecule has 0 radical (unpaired) electrons. The van der Waals surface area contributed by atoms with E-state index in [0.29, 0.717) is 11.6 Å². The Labute approximate surface area is 280 Å². The Morgan fingerprint density at radius 2 is 1.15 bits per heavy atom. The topological polar surface area (TPSA) is 156 Å². The molecule has 3 unspecified atom stereocenters. The molecule has 2 aromatic heterocycles. The fraction of sp³-hybridized carbons (Fsp3) is 0.444. The number of rotatable bonds is 11. The summed E-state index contributed by atoms with van der Waals surface area (Å²) in [5.74, 6) is 0.165. The first kappa shape index (κ1) is 38.0. The van der Waals surface area contributed by atoms with Crippen LogP contribution in [0.2, 0.25) is 0 Å². The number of halogens is 2. The quantitative estimate of drug-likeness (QED) is 0.114. The molecule has 260 valence electrons. The molecule has 0 fully saturated rings. The number of carbonyl (C=O) groups excluding carboxylic acids is 2. The van der Waals surface area contributed by atoms with Gasteiger partial charge in [0, 0.05) is 0 Å². The van der Waals surface area contributed by atoms with Gasteiger partial charge in [-0.25, -0.2) is 18.7 Å². The number of benzene rings is 2. The molecule has 6 N–H and O–H groups in total. The number of nitrogens with zero attached hydrogens (tertiary/aromatic N) is 2. The number of carbonyl (C=O) groups is 2. The average Bonchev–Trinajstić information content (AvgIpc) is 3.72. The van der Waals surface area contributed by atoms with Crippen molar-refractivity contribution in [2.24, 2.45) is 11.3 Å². The van der Waals surface area contributed by atoms with E-state index in [0.717, 1.165) is 53.4 Å². The lowest BCUT2D eigenvalue weighted by Gasteiger charge is -2.32. The highest BCUT2D eigenvalue weighted by Crippen LogP contribution is 2.33. The van der Waals surface area contributed by atoms with Crippen LogP contribution in [0.25, 0.3) is 33.6 Å². The summed E-state index contributed by atoms with van der Waals surface area (Å²) < 4.78 is 26.0. The monoisotopic (exact) mass is 666 g/mol. The van der Waals surface area contributed by atoms with Crippen molar-refractivity contribution in [1.29, 1.82) is 0 Å². The summed E-state index contributed by atoms with van der Waals surface area (Å²) in [7, 11) is 0. The van der Waals surface area contributed by atoms with E-state index in [9.17, 15) is 28.6 Å². The maximum atomic E-state index is 13.2. The van der Waals surface area contributed by atoms with E-state index in [1.807, 2.05) is 69.3 Å². The molecule has 0 saturated carbocycles. The molecule has 0 aliphatic heterocycles. The summed E-state index contributed by atoms with van der Waals surface area (Å²) in [6.07, 6.45) is 3.31. The maximum absolute atomic E-state index is 13.2. The van der Waals surface area contributed by atoms with Gasteiger partial charge in [-0.05, 0) is 47.4 Å². The summed E-state index contributed by atoms with van der Waals surface area (Å²) in [5.41, 5.74) is 0.522. The summed E-state index contributed by atoms with van der Waals surface area (Å²) in [5, 5.41) is 24.9. The highest BCUT2D eigenvalue weighted by atomic mass is 19.1. The predicted octanol–water partition coefficient (Wildman–Crippen LogP) is 6.06. The average molecular weight is 667 g/mol. The van der Waals surface area contributed by atoms with E-state index in [4.69, 9.17) is 0 Å². The molecule has 10 nitrogen and oxygen atoms in total. The van der Waals surface area contributed by atoms with Crippen LogP contribution in [-0.2, 0) is 16.1 Å². The number of aromatic nitrogens is 4. The second-order valence-corrected chi connectivity index (χ2v) is 14.1. The van der Waals surface area contributed by atoms with E-state index in [2.05, 4.69) is 51.3 Å². The van der Waals surface area contributed by atoms with Crippen LogP contribution in [0.15, 0.2) is 60.9 Å². The second-order valence-electron chi connectivity index (χ2n) is 14.1. The van der Waals surface area contributed by atoms with Crippen LogP contribution in [-0.4, -0.2) is 66.5 Å². The molecule has 0 spiro atoms. The molecule has 4 rings (SSSR count). The molecule has 0 aliphatic rings. The first-order valence-electron chi connectivity index (χ1n) is 15.8. The van der Waals surface area contributed by atoms with Crippen molar-refractivity contribution in [3.8, 4) is 33.6 Å². The molecule has 48 heavy (non-hydrogen) atoms. The van der Waals surface area contributed by atoms with Gasteiger partial charge in [0.2, 0.25) is 0 Å². The molecular weight excluding hydrogens is 618 g/mol. The second kappa shape index (κ2) is 15.7. The van der Waals surface area contributed by atoms with Crippen LogP contribution in [0.3, 0.4) is 0 Å². The van der Waals surface area contributed by atoms with Gasteiger partial charge >= 0.3 is 0 Å². The van der Waals surface area contributed by atoms with Crippen molar-refractivity contribution in [2.75, 3.05) is 13.3 Å². The van der Waals surface area contributed by atoms with Gasteiger partial charge < -0.3 is 30.8 Å². The Balaban J connectivity index is 0.00000148. The van der Waals surface area contributed by atoms with Gasteiger partial charge in [0.1, 0.15) is 25.0 Å². The van der Waals surface area contributed by atoms with Crippen molar-refractivity contribution in [2.45, 2.75) is 79.2 Å². The standard InChI is InChI=1S/C32H38F2N6O4.C4H10/c1-30(2,3)26(40-29(42)32(5,44)18-34)27-36-15-24(39-27)22-12-8-20(9-13-22)19-6-10-21(11-7-19)23-14-35-25(38-23)16-37-28(41)31(4,43)17-33;1-4(2)3/h6-15,26,43-44H,16-18H2,1-5H3,(H,35,38)(H,36,39)(H,37,41)(H,40,42);4H,1-3H3. The fourth-order valence-electron chi connectivity index (χ4n) is 4.37. The fourth-order valence-corrected chi connectivity index (χ4v) is 4.37. The highest BCUT2D eigenvalue weighted by Gasteiger charge is 2.37.